The quantitative estimate of drug-likeness (QED) is 0.517. The highest BCUT2D eigenvalue weighted by molar-refractivity contribution is 5.90. The molecule has 4 N–H and O–H groups in total. The molecule has 0 spiro atoms. The van der Waals surface area contributed by atoms with Gasteiger partial charge in [0.2, 0.25) is 11.8 Å². The summed E-state index contributed by atoms with van der Waals surface area (Å²) in [6.45, 7) is 0.323. The Labute approximate surface area is 70.7 Å². The Bertz CT molecular complexity index is 217. The molecule has 0 saturated carbocycles. The van der Waals surface area contributed by atoms with Crippen molar-refractivity contribution < 1.29 is 9.59 Å². The van der Waals surface area contributed by atoms with E-state index in [1.807, 2.05) is 0 Å². The van der Waals surface area contributed by atoms with Gasteiger partial charge >= 0.3 is 0 Å². The van der Waals surface area contributed by atoms with Crippen LogP contribution in [-0.2, 0) is 9.59 Å². The van der Waals surface area contributed by atoms with Crippen LogP contribution in [-0.4, -0.2) is 36.3 Å². The second-order valence-corrected chi connectivity index (χ2v) is 3.05. The summed E-state index contributed by atoms with van der Waals surface area (Å²) in [6, 6.07) is -0.512. The number of likely N-dealkylation sites (tertiary alicyclic amines) is 1. The highest BCUT2D eigenvalue weighted by Crippen LogP contribution is 2.22. The van der Waals surface area contributed by atoms with Gasteiger partial charge in [-0.2, -0.15) is 0 Å². The van der Waals surface area contributed by atoms with Crippen molar-refractivity contribution in [2.45, 2.75) is 12.5 Å². The van der Waals surface area contributed by atoms with E-state index in [1.165, 1.54) is 4.90 Å². The maximum atomic E-state index is 11.1. The van der Waals surface area contributed by atoms with Crippen LogP contribution in [0.25, 0.3) is 0 Å². The van der Waals surface area contributed by atoms with E-state index in [9.17, 15) is 9.59 Å². The van der Waals surface area contributed by atoms with Gasteiger partial charge < -0.3 is 16.4 Å². The first-order valence-electron chi connectivity index (χ1n) is 3.83. The maximum Gasteiger partial charge on any atom is 0.240 e. The topological polar surface area (TPSA) is 89.4 Å². The number of nitrogens with two attached hydrogens (primary N) is 2. The van der Waals surface area contributed by atoms with Gasteiger partial charge in [0.1, 0.15) is 6.04 Å². The number of carbonyl (C=O) groups is 2. The number of likely N-dealkylation sites (N-methyl/N-ethyl adjacent to an activating group) is 1. The molecule has 68 valence electrons. The van der Waals surface area contributed by atoms with Crippen molar-refractivity contribution in [2.75, 3.05) is 13.6 Å². The average Bonchev–Trinajstić information content (AvgIpc) is 2.28. The lowest BCUT2D eigenvalue weighted by atomic mass is 10.0. The molecule has 5 heteroatoms. The molecule has 2 atom stereocenters. The smallest absolute Gasteiger partial charge is 0.240 e. The second-order valence-electron chi connectivity index (χ2n) is 3.05. The average molecular weight is 171 g/mol. The minimum Gasteiger partial charge on any atom is -0.368 e. The van der Waals surface area contributed by atoms with E-state index in [0.717, 1.165) is 0 Å². The Balaban J connectivity index is 2.80. The van der Waals surface area contributed by atoms with Crippen molar-refractivity contribution in [2.24, 2.45) is 17.4 Å². The summed E-state index contributed by atoms with van der Waals surface area (Å²) in [4.78, 5) is 23.4. The summed E-state index contributed by atoms with van der Waals surface area (Å²) in [6.07, 6.45) is 0.334. The van der Waals surface area contributed by atoms with Crippen LogP contribution in [0.1, 0.15) is 6.42 Å². The van der Waals surface area contributed by atoms with Crippen LogP contribution in [0.5, 0.6) is 0 Å². The summed E-state index contributed by atoms with van der Waals surface area (Å²) in [5.41, 5.74) is 10.5. The zero-order valence-corrected chi connectivity index (χ0v) is 6.99. The normalized spacial score (nSPS) is 29.5. The van der Waals surface area contributed by atoms with Crippen LogP contribution in [0.3, 0.4) is 0 Å². The molecule has 1 heterocycles. The van der Waals surface area contributed by atoms with E-state index in [-0.39, 0.29) is 11.8 Å². The molecule has 0 aromatic carbocycles. The van der Waals surface area contributed by atoms with Gasteiger partial charge in [-0.3, -0.25) is 9.59 Å². The van der Waals surface area contributed by atoms with Crippen LogP contribution in [0.15, 0.2) is 0 Å². The van der Waals surface area contributed by atoms with Gasteiger partial charge in [-0.1, -0.05) is 0 Å². The zero-order valence-electron chi connectivity index (χ0n) is 6.99. The number of primary amides is 1. The van der Waals surface area contributed by atoms with Gasteiger partial charge in [0.15, 0.2) is 0 Å². The highest BCUT2D eigenvalue weighted by atomic mass is 16.2. The third-order valence-corrected chi connectivity index (χ3v) is 2.29. The van der Waals surface area contributed by atoms with Crippen molar-refractivity contribution >= 4 is 11.8 Å². The minimum absolute atomic E-state index is 0.0609. The SMILES string of the molecule is CN1C(=O)C[C@H](CN)[C@H]1C(N)=O. The van der Waals surface area contributed by atoms with E-state index < -0.39 is 11.9 Å². The van der Waals surface area contributed by atoms with Crippen molar-refractivity contribution in [3.8, 4) is 0 Å². The lowest BCUT2D eigenvalue weighted by molar-refractivity contribution is -0.132. The lowest BCUT2D eigenvalue weighted by Gasteiger charge is -2.20. The number of carbonyl (C=O) groups excluding carboxylic acids is 2. The van der Waals surface area contributed by atoms with Gasteiger partial charge in [-0.15, -0.1) is 0 Å². The van der Waals surface area contributed by atoms with Gasteiger partial charge in [-0.05, 0) is 6.54 Å². The van der Waals surface area contributed by atoms with E-state index in [0.29, 0.717) is 13.0 Å². The highest BCUT2D eigenvalue weighted by Gasteiger charge is 2.39. The van der Waals surface area contributed by atoms with E-state index in [1.54, 1.807) is 7.05 Å². The minimum atomic E-state index is -0.512. The fourth-order valence-electron chi connectivity index (χ4n) is 1.59. The monoisotopic (exact) mass is 171 g/mol. The van der Waals surface area contributed by atoms with Gasteiger partial charge in [0, 0.05) is 19.4 Å². The van der Waals surface area contributed by atoms with Crippen LogP contribution in [0, 0.1) is 5.92 Å². The molecular formula is C7H13N3O2. The third-order valence-electron chi connectivity index (χ3n) is 2.29. The van der Waals surface area contributed by atoms with Gasteiger partial charge in [0.05, 0.1) is 0 Å². The summed E-state index contributed by atoms with van der Waals surface area (Å²) >= 11 is 0. The number of hydrogen-bond acceptors (Lipinski definition) is 3. The summed E-state index contributed by atoms with van der Waals surface area (Å²) in [5.74, 6) is -0.645. The molecular weight excluding hydrogens is 158 g/mol. The Morgan fingerprint density at radius 1 is 1.75 bits per heavy atom. The Morgan fingerprint density at radius 2 is 2.33 bits per heavy atom. The van der Waals surface area contributed by atoms with Crippen LogP contribution in [0.2, 0.25) is 0 Å². The molecule has 0 aromatic rings. The number of nitrogens with zero attached hydrogens (tertiary/aromatic N) is 1. The molecule has 0 unspecified atom stereocenters. The molecule has 0 bridgehead atoms. The molecule has 0 aromatic heterocycles. The zero-order chi connectivity index (χ0) is 9.30. The van der Waals surface area contributed by atoms with E-state index in [4.69, 9.17) is 11.5 Å². The standard InChI is InChI=1S/C7H13N3O2/c1-10-5(11)2-4(3-8)6(10)7(9)12/h4,6H,2-3,8H2,1H3,(H2,9,12)/t4-,6+/m1/s1. The van der Waals surface area contributed by atoms with Gasteiger partial charge in [0.25, 0.3) is 0 Å². The van der Waals surface area contributed by atoms with E-state index >= 15 is 0 Å². The van der Waals surface area contributed by atoms with Gasteiger partial charge in [-0.25, -0.2) is 0 Å². The summed E-state index contributed by atoms with van der Waals surface area (Å²) in [5, 5.41) is 0. The number of hydrogen-bond donors (Lipinski definition) is 2. The van der Waals surface area contributed by atoms with Crippen LogP contribution in [0.4, 0.5) is 0 Å². The van der Waals surface area contributed by atoms with Crippen molar-refractivity contribution in [3.05, 3.63) is 0 Å². The number of amides is 2. The molecule has 5 nitrogen and oxygen atoms in total. The first-order chi connectivity index (χ1) is 5.57. The summed E-state index contributed by atoms with van der Waals surface area (Å²) in [7, 11) is 1.58. The molecule has 0 aliphatic carbocycles. The molecule has 1 saturated heterocycles. The molecule has 1 aliphatic heterocycles. The Kier molecular flexibility index (Phi) is 2.32. The van der Waals surface area contributed by atoms with Crippen molar-refractivity contribution in [3.63, 3.8) is 0 Å². The second kappa shape index (κ2) is 3.10. The molecule has 12 heavy (non-hydrogen) atoms. The fourth-order valence-corrected chi connectivity index (χ4v) is 1.59. The Morgan fingerprint density at radius 3 is 2.67 bits per heavy atom. The largest absolute Gasteiger partial charge is 0.368 e. The van der Waals surface area contributed by atoms with Crippen molar-refractivity contribution in [1.29, 1.82) is 0 Å². The first kappa shape index (κ1) is 8.99. The van der Waals surface area contributed by atoms with Crippen LogP contribution < -0.4 is 11.5 Å². The molecule has 2 amide bonds. The maximum absolute atomic E-state index is 11.1. The number of rotatable bonds is 2. The van der Waals surface area contributed by atoms with E-state index in [2.05, 4.69) is 0 Å². The molecule has 1 aliphatic rings. The Hall–Kier alpha value is -1.10. The fraction of sp³-hybridized carbons (Fsp3) is 0.714. The molecule has 1 rings (SSSR count). The predicted octanol–water partition coefficient (Wildman–Crippen LogP) is -1.72. The third kappa shape index (κ3) is 1.27. The predicted molar refractivity (Wildman–Crippen MR) is 42.9 cm³/mol. The van der Waals surface area contributed by atoms with Crippen molar-refractivity contribution in [1.82, 2.24) is 4.90 Å². The molecule has 0 radical (unpaired) electrons. The molecule has 1 fully saturated rings. The summed E-state index contributed by atoms with van der Waals surface area (Å²) < 4.78 is 0. The lowest BCUT2D eigenvalue weighted by Crippen LogP contribution is -2.44. The van der Waals surface area contributed by atoms with Crippen LogP contribution >= 0.6 is 0 Å². The first-order valence-corrected chi connectivity index (χ1v) is 3.83.